The zero-order valence-electron chi connectivity index (χ0n) is 10.9. The van der Waals surface area contributed by atoms with Crippen molar-refractivity contribution in [3.05, 3.63) is 0 Å². The van der Waals surface area contributed by atoms with Crippen molar-refractivity contribution in [1.29, 1.82) is 0 Å². The van der Waals surface area contributed by atoms with E-state index in [0.29, 0.717) is 6.42 Å². The maximum atomic E-state index is 12.1. The zero-order chi connectivity index (χ0) is 13.2. The smallest absolute Gasteiger partial charge is 0.317 e. The van der Waals surface area contributed by atoms with Gasteiger partial charge in [-0.25, -0.2) is 4.79 Å². The van der Waals surface area contributed by atoms with E-state index in [1.54, 1.807) is 6.92 Å². The third-order valence-electron chi connectivity index (χ3n) is 4.39. The second kappa shape index (κ2) is 5.16. The second-order valence-electron chi connectivity index (χ2n) is 5.66. The number of carbonyl (C=O) groups is 2. The van der Waals surface area contributed by atoms with Gasteiger partial charge in [0, 0.05) is 19.1 Å². The van der Waals surface area contributed by atoms with Crippen molar-refractivity contribution in [2.75, 3.05) is 13.1 Å². The van der Waals surface area contributed by atoms with Crippen LogP contribution in [0.4, 0.5) is 4.79 Å². The SMILES string of the molecule is CC1(C(=O)O)CCCC1NC(=O)N1CCCCC1. The summed E-state index contributed by atoms with van der Waals surface area (Å²) in [6.45, 7) is 3.33. The van der Waals surface area contributed by atoms with Crippen molar-refractivity contribution in [2.45, 2.75) is 51.5 Å². The van der Waals surface area contributed by atoms with Gasteiger partial charge < -0.3 is 15.3 Å². The maximum Gasteiger partial charge on any atom is 0.317 e. The van der Waals surface area contributed by atoms with Crippen LogP contribution in [0.1, 0.15) is 45.4 Å². The van der Waals surface area contributed by atoms with E-state index in [9.17, 15) is 14.7 Å². The molecule has 0 aromatic rings. The lowest BCUT2D eigenvalue weighted by Gasteiger charge is -2.32. The summed E-state index contributed by atoms with van der Waals surface area (Å²) in [4.78, 5) is 25.2. The third-order valence-corrected chi connectivity index (χ3v) is 4.39. The molecule has 0 aromatic carbocycles. The van der Waals surface area contributed by atoms with E-state index >= 15 is 0 Å². The Labute approximate surface area is 108 Å². The Kier molecular flexibility index (Phi) is 3.78. The molecule has 2 fully saturated rings. The Morgan fingerprint density at radius 2 is 1.89 bits per heavy atom. The average Bonchev–Trinajstić information content (AvgIpc) is 2.73. The summed E-state index contributed by atoms with van der Waals surface area (Å²) in [5, 5.41) is 12.2. The topological polar surface area (TPSA) is 69.6 Å². The van der Waals surface area contributed by atoms with Crippen molar-refractivity contribution >= 4 is 12.0 Å². The van der Waals surface area contributed by atoms with E-state index in [1.807, 2.05) is 4.90 Å². The molecule has 1 aliphatic carbocycles. The van der Waals surface area contributed by atoms with Crippen LogP contribution in [-0.4, -0.2) is 41.1 Å². The second-order valence-corrected chi connectivity index (χ2v) is 5.66. The third kappa shape index (κ3) is 2.44. The number of amides is 2. The lowest BCUT2D eigenvalue weighted by atomic mass is 9.85. The van der Waals surface area contributed by atoms with Gasteiger partial charge in [-0.05, 0) is 39.0 Å². The van der Waals surface area contributed by atoms with Crippen molar-refractivity contribution in [1.82, 2.24) is 10.2 Å². The Bertz CT molecular complexity index is 339. The summed E-state index contributed by atoms with van der Waals surface area (Å²) in [7, 11) is 0. The molecule has 2 rings (SSSR count). The highest BCUT2D eigenvalue weighted by atomic mass is 16.4. The van der Waals surface area contributed by atoms with Crippen molar-refractivity contribution in [3.63, 3.8) is 0 Å². The van der Waals surface area contributed by atoms with E-state index < -0.39 is 11.4 Å². The fraction of sp³-hybridized carbons (Fsp3) is 0.846. The van der Waals surface area contributed by atoms with Gasteiger partial charge in [0.25, 0.3) is 0 Å². The van der Waals surface area contributed by atoms with Crippen LogP contribution in [0.15, 0.2) is 0 Å². The van der Waals surface area contributed by atoms with Gasteiger partial charge in [-0.2, -0.15) is 0 Å². The number of aliphatic carboxylic acids is 1. The molecule has 1 aliphatic heterocycles. The molecule has 2 N–H and O–H groups in total. The number of nitrogens with one attached hydrogen (secondary N) is 1. The Morgan fingerprint density at radius 1 is 1.22 bits per heavy atom. The van der Waals surface area contributed by atoms with Gasteiger partial charge in [0.15, 0.2) is 0 Å². The summed E-state index contributed by atoms with van der Waals surface area (Å²) < 4.78 is 0. The fourth-order valence-electron chi connectivity index (χ4n) is 2.99. The number of carboxylic acid groups (broad SMARTS) is 1. The van der Waals surface area contributed by atoms with Gasteiger partial charge in [0.1, 0.15) is 0 Å². The minimum Gasteiger partial charge on any atom is -0.481 e. The number of hydrogen-bond donors (Lipinski definition) is 2. The molecule has 18 heavy (non-hydrogen) atoms. The van der Waals surface area contributed by atoms with E-state index in [-0.39, 0.29) is 12.1 Å². The van der Waals surface area contributed by atoms with Crippen LogP contribution in [0.25, 0.3) is 0 Å². The summed E-state index contributed by atoms with van der Waals surface area (Å²) >= 11 is 0. The molecule has 5 nitrogen and oxygen atoms in total. The lowest BCUT2D eigenvalue weighted by Crippen LogP contribution is -2.52. The first-order valence-corrected chi connectivity index (χ1v) is 6.83. The molecule has 2 unspecified atom stereocenters. The predicted molar refractivity (Wildman–Crippen MR) is 67.3 cm³/mol. The molecule has 1 heterocycles. The number of nitrogens with zero attached hydrogens (tertiary/aromatic N) is 1. The molecular formula is C13H22N2O3. The van der Waals surface area contributed by atoms with Crippen molar-refractivity contribution in [3.8, 4) is 0 Å². The molecule has 2 aliphatic rings. The van der Waals surface area contributed by atoms with Crippen LogP contribution in [-0.2, 0) is 4.79 Å². The molecular weight excluding hydrogens is 232 g/mol. The molecule has 0 aromatic heterocycles. The van der Waals surface area contributed by atoms with Crippen LogP contribution in [0.5, 0.6) is 0 Å². The Morgan fingerprint density at radius 3 is 2.50 bits per heavy atom. The highest BCUT2D eigenvalue weighted by Crippen LogP contribution is 2.38. The number of carbonyl (C=O) groups excluding carboxylic acids is 1. The predicted octanol–water partition coefficient (Wildman–Crippen LogP) is 1.83. The summed E-state index contributed by atoms with van der Waals surface area (Å²) in [5.74, 6) is -0.802. The van der Waals surface area contributed by atoms with Crippen molar-refractivity contribution < 1.29 is 14.7 Å². The normalized spacial score (nSPS) is 32.3. The zero-order valence-corrected chi connectivity index (χ0v) is 10.9. The minimum absolute atomic E-state index is 0.0888. The van der Waals surface area contributed by atoms with Crippen LogP contribution in [0.3, 0.4) is 0 Å². The molecule has 1 saturated heterocycles. The van der Waals surface area contributed by atoms with Gasteiger partial charge in [0.05, 0.1) is 5.41 Å². The number of likely N-dealkylation sites (tertiary alicyclic amines) is 1. The number of urea groups is 1. The monoisotopic (exact) mass is 254 g/mol. The molecule has 102 valence electrons. The van der Waals surface area contributed by atoms with Gasteiger partial charge in [-0.3, -0.25) is 4.79 Å². The maximum absolute atomic E-state index is 12.1. The lowest BCUT2D eigenvalue weighted by molar-refractivity contribution is -0.148. The van der Waals surface area contributed by atoms with Crippen LogP contribution >= 0.6 is 0 Å². The first-order chi connectivity index (χ1) is 8.54. The van der Waals surface area contributed by atoms with Gasteiger partial charge in [0.2, 0.25) is 0 Å². The summed E-state index contributed by atoms with van der Waals surface area (Å²) in [6.07, 6.45) is 5.56. The standard InChI is InChI=1S/C13H22N2O3/c1-13(11(16)17)7-5-6-10(13)14-12(18)15-8-3-2-4-9-15/h10H,2-9H2,1H3,(H,14,18)(H,16,17). The Balaban J connectivity index is 1.95. The number of hydrogen-bond acceptors (Lipinski definition) is 2. The summed E-state index contributed by atoms with van der Waals surface area (Å²) in [5.41, 5.74) is -0.800. The summed E-state index contributed by atoms with van der Waals surface area (Å²) in [6, 6.07) is -0.321. The van der Waals surface area contributed by atoms with Gasteiger partial charge in [-0.15, -0.1) is 0 Å². The molecule has 2 amide bonds. The fourth-order valence-corrected chi connectivity index (χ4v) is 2.99. The van der Waals surface area contributed by atoms with Gasteiger partial charge in [-0.1, -0.05) is 6.42 Å². The first-order valence-electron chi connectivity index (χ1n) is 6.83. The van der Waals surface area contributed by atoms with Crippen LogP contribution in [0, 0.1) is 5.41 Å². The van der Waals surface area contributed by atoms with Gasteiger partial charge >= 0.3 is 12.0 Å². The van der Waals surface area contributed by atoms with Crippen LogP contribution in [0.2, 0.25) is 0 Å². The Hall–Kier alpha value is -1.26. The minimum atomic E-state index is -0.802. The molecule has 0 radical (unpaired) electrons. The van der Waals surface area contributed by atoms with E-state index in [1.165, 1.54) is 6.42 Å². The van der Waals surface area contributed by atoms with E-state index in [0.717, 1.165) is 38.8 Å². The molecule has 0 bridgehead atoms. The van der Waals surface area contributed by atoms with E-state index in [2.05, 4.69) is 5.32 Å². The first kappa shape index (κ1) is 13.2. The largest absolute Gasteiger partial charge is 0.481 e. The average molecular weight is 254 g/mol. The molecule has 2 atom stereocenters. The van der Waals surface area contributed by atoms with E-state index in [4.69, 9.17) is 0 Å². The highest BCUT2D eigenvalue weighted by molar-refractivity contribution is 5.79. The number of rotatable bonds is 2. The number of carboxylic acids is 1. The van der Waals surface area contributed by atoms with Crippen molar-refractivity contribution in [2.24, 2.45) is 5.41 Å². The highest BCUT2D eigenvalue weighted by Gasteiger charge is 2.46. The molecule has 1 saturated carbocycles. The quantitative estimate of drug-likeness (QED) is 0.789. The number of piperidine rings is 1. The van der Waals surface area contributed by atoms with Crippen LogP contribution < -0.4 is 5.32 Å². The molecule has 5 heteroatoms. The molecule has 0 spiro atoms.